The van der Waals surface area contributed by atoms with E-state index < -0.39 is 11.7 Å². The van der Waals surface area contributed by atoms with Crippen LogP contribution in [0.15, 0.2) is 46.3 Å². The average Bonchev–Trinajstić information content (AvgIpc) is 2.90. The number of benzene rings is 1. The standard InChI is InChI=1S/C14H12BrNO2S/c1-16(9-12-3-2-8-19-12)14(18)13(17)10-4-6-11(15)7-5-10/h2-8H,9H2,1H3. The van der Waals surface area contributed by atoms with E-state index in [2.05, 4.69) is 15.9 Å². The van der Waals surface area contributed by atoms with Crippen LogP contribution < -0.4 is 0 Å². The van der Waals surface area contributed by atoms with E-state index in [0.29, 0.717) is 12.1 Å². The lowest BCUT2D eigenvalue weighted by Gasteiger charge is -2.15. The van der Waals surface area contributed by atoms with E-state index in [1.54, 1.807) is 42.6 Å². The number of carbonyl (C=O) groups excluding carboxylic acids is 2. The van der Waals surface area contributed by atoms with Gasteiger partial charge in [-0.25, -0.2) is 0 Å². The molecule has 0 saturated heterocycles. The lowest BCUT2D eigenvalue weighted by atomic mass is 10.1. The van der Waals surface area contributed by atoms with Crippen LogP contribution >= 0.6 is 27.3 Å². The van der Waals surface area contributed by atoms with Gasteiger partial charge in [-0.05, 0) is 35.7 Å². The molecule has 19 heavy (non-hydrogen) atoms. The Kier molecular flexibility index (Phi) is 4.50. The van der Waals surface area contributed by atoms with Crippen molar-refractivity contribution in [3.63, 3.8) is 0 Å². The fraction of sp³-hybridized carbons (Fsp3) is 0.143. The molecule has 0 atom stereocenters. The number of ketones is 1. The molecule has 0 aliphatic carbocycles. The van der Waals surface area contributed by atoms with Crippen molar-refractivity contribution in [3.05, 3.63) is 56.7 Å². The topological polar surface area (TPSA) is 37.4 Å². The summed E-state index contributed by atoms with van der Waals surface area (Å²) >= 11 is 4.86. The highest BCUT2D eigenvalue weighted by Gasteiger charge is 2.20. The zero-order chi connectivity index (χ0) is 13.8. The van der Waals surface area contributed by atoms with Crippen LogP contribution in [0.4, 0.5) is 0 Å². The Balaban J connectivity index is 2.06. The molecule has 98 valence electrons. The van der Waals surface area contributed by atoms with Crippen LogP contribution in [0.25, 0.3) is 0 Å². The zero-order valence-electron chi connectivity index (χ0n) is 10.3. The highest BCUT2D eigenvalue weighted by atomic mass is 79.9. The lowest BCUT2D eigenvalue weighted by molar-refractivity contribution is -0.125. The normalized spacial score (nSPS) is 10.2. The molecule has 5 heteroatoms. The number of likely N-dealkylation sites (N-methyl/N-ethyl adjacent to an activating group) is 1. The van der Waals surface area contributed by atoms with Gasteiger partial charge in [0.25, 0.3) is 5.91 Å². The van der Waals surface area contributed by atoms with Crippen LogP contribution in [0, 0.1) is 0 Å². The predicted molar refractivity (Wildman–Crippen MR) is 79.3 cm³/mol. The van der Waals surface area contributed by atoms with Crippen molar-refractivity contribution < 1.29 is 9.59 Å². The summed E-state index contributed by atoms with van der Waals surface area (Å²) in [4.78, 5) is 26.5. The number of halogens is 1. The summed E-state index contributed by atoms with van der Waals surface area (Å²) < 4.78 is 0.878. The van der Waals surface area contributed by atoms with Gasteiger partial charge in [-0.1, -0.05) is 22.0 Å². The molecule has 0 fully saturated rings. The Morgan fingerprint density at radius 1 is 1.21 bits per heavy atom. The van der Waals surface area contributed by atoms with Gasteiger partial charge in [-0.2, -0.15) is 0 Å². The molecular weight excluding hydrogens is 326 g/mol. The minimum atomic E-state index is -0.490. The summed E-state index contributed by atoms with van der Waals surface area (Å²) in [5, 5.41) is 1.95. The molecule has 0 radical (unpaired) electrons. The fourth-order valence-corrected chi connectivity index (χ4v) is 2.63. The second-order valence-corrected chi connectivity index (χ2v) is 6.02. The molecule has 0 N–H and O–H groups in total. The van der Waals surface area contributed by atoms with Crippen LogP contribution in [0.1, 0.15) is 15.2 Å². The number of Topliss-reactive ketones (excluding diaryl/α,β-unsaturated/α-hetero) is 1. The molecule has 0 aliphatic rings. The maximum atomic E-state index is 12.0. The first kappa shape index (κ1) is 14.0. The number of nitrogens with zero attached hydrogens (tertiary/aromatic N) is 1. The minimum Gasteiger partial charge on any atom is -0.334 e. The fourth-order valence-electron chi connectivity index (χ4n) is 1.61. The van der Waals surface area contributed by atoms with Crippen LogP contribution in [0.3, 0.4) is 0 Å². The van der Waals surface area contributed by atoms with Crippen LogP contribution in [-0.2, 0) is 11.3 Å². The maximum Gasteiger partial charge on any atom is 0.295 e. The quantitative estimate of drug-likeness (QED) is 0.633. The lowest BCUT2D eigenvalue weighted by Crippen LogP contribution is -2.32. The Bertz CT molecular complexity index is 578. The molecule has 0 unspecified atom stereocenters. The molecule has 2 aromatic rings. The molecule has 0 bridgehead atoms. The minimum absolute atomic E-state index is 0.409. The first-order chi connectivity index (χ1) is 9.08. The molecule has 1 aromatic heterocycles. The summed E-state index contributed by atoms with van der Waals surface area (Å²) in [6.07, 6.45) is 0. The molecule has 1 aromatic carbocycles. The molecule has 3 nitrogen and oxygen atoms in total. The van der Waals surface area contributed by atoms with Crippen molar-refractivity contribution in [2.24, 2.45) is 0 Å². The Hall–Kier alpha value is -1.46. The largest absolute Gasteiger partial charge is 0.334 e. The second kappa shape index (κ2) is 6.12. The van der Waals surface area contributed by atoms with Gasteiger partial charge in [0.1, 0.15) is 0 Å². The number of hydrogen-bond acceptors (Lipinski definition) is 3. The summed E-state index contributed by atoms with van der Waals surface area (Å²) in [7, 11) is 1.64. The first-order valence-electron chi connectivity index (χ1n) is 5.65. The van der Waals surface area contributed by atoms with Crippen LogP contribution in [0.2, 0.25) is 0 Å². The third kappa shape index (κ3) is 3.52. The van der Waals surface area contributed by atoms with E-state index in [-0.39, 0.29) is 0 Å². The van der Waals surface area contributed by atoms with E-state index in [4.69, 9.17) is 0 Å². The predicted octanol–water partition coefficient (Wildman–Crippen LogP) is 3.35. The van der Waals surface area contributed by atoms with Crippen molar-refractivity contribution >= 4 is 39.0 Å². The van der Waals surface area contributed by atoms with Crippen molar-refractivity contribution in [2.45, 2.75) is 6.54 Å². The van der Waals surface area contributed by atoms with E-state index in [1.165, 1.54) is 4.90 Å². The van der Waals surface area contributed by atoms with Gasteiger partial charge >= 0.3 is 0 Å². The third-order valence-corrected chi connectivity index (χ3v) is 4.01. The average molecular weight is 338 g/mol. The Morgan fingerprint density at radius 2 is 1.89 bits per heavy atom. The summed E-state index contributed by atoms with van der Waals surface area (Å²) in [5.41, 5.74) is 0.409. The molecular formula is C14H12BrNO2S. The van der Waals surface area contributed by atoms with Crippen molar-refractivity contribution in [1.82, 2.24) is 4.90 Å². The van der Waals surface area contributed by atoms with Gasteiger partial charge < -0.3 is 4.90 Å². The number of hydrogen-bond donors (Lipinski definition) is 0. The highest BCUT2D eigenvalue weighted by Crippen LogP contribution is 2.14. The number of amides is 1. The SMILES string of the molecule is CN(Cc1cccs1)C(=O)C(=O)c1ccc(Br)cc1. The van der Waals surface area contributed by atoms with Crippen molar-refractivity contribution in [3.8, 4) is 0 Å². The molecule has 1 heterocycles. The number of rotatable bonds is 4. The number of thiophene rings is 1. The van der Waals surface area contributed by atoms with Gasteiger partial charge in [-0.15, -0.1) is 11.3 Å². The molecule has 0 spiro atoms. The molecule has 2 rings (SSSR count). The van der Waals surface area contributed by atoms with Gasteiger partial charge in [0, 0.05) is 22.0 Å². The van der Waals surface area contributed by atoms with E-state index in [1.807, 2.05) is 17.5 Å². The number of carbonyl (C=O) groups is 2. The second-order valence-electron chi connectivity index (χ2n) is 4.08. The monoisotopic (exact) mass is 337 g/mol. The van der Waals surface area contributed by atoms with E-state index in [0.717, 1.165) is 9.35 Å². The van der Waals surface area contributed by atoms with Gasteiger partial charge in [0.05, 0.1) is 6.54 Å². The van der Waals surface area contributed by atoms with E-state index in [9.17, 15) is 9.59 Å². The van der Waals surface area contributed by atoms with Crippen LogP contribution in [-0.4, -0.2) is 23.6 Å². The third-order valence-electron chi connectivity index (χ3n) is 2.62. The summed E-state index contributed by atoms with van der Waals surface area (Å²) in [6.45, 7) is 0.457. The smallest absolute Gasteiger partial charge is 0.295 e. The summed E-state index contributed by atoms with van der Waals surface area (Å²) in [6, 6.07) is 10.7. The molecule has 0 aliphatic heterocycles. The molecule has 1 amide bonds. The van der Waals surface area contributed by atoms with Gasteiger partial charge in [0.15, 0.2) is 0 Å². The Morgan fingerprint density at radius 3 is 2.47 bits per heavy atom. The highest BCUT2D eigenvalue weighted by molar-refractivity contribution is 9.10. The first-order valence-corrected chi connectivity index (χ1v) is 7.33. The molecule has 0 saturated carbocycles. The van der Waals surface area contributed by atoms with Crippen molar-refractivity contribution in [1.29, 1.82) is 0 Å². The maximum absolute atomic E-state index is 12.0. The van der Waals surface area contributed by atoms with Gasteiger partial charge in [-0.3, -0.25) is 9.59 Å². The summed E-state index contributed by atoms with van der Waals surface area (Å²) in [5.74, 6) is -0.970. The van der Waals surface area contributed by atoms with Gasteiger partial charge in [0.2, 0.25) is 5.78 Å². The van der Waals surface area contributed by atoms with Crippen molar-refractivity contribution in [2.75, 3.05) is 7.05 Å². The van der Waals surface area contributed by atoms with E-state index >= 15 is 0 Å². The zero-order valence-corrected chi connectivity index (χ0v) is 12.7. The van der Waals surface area contributed by atoms with Crippen LogP contribution in [0.5, 0.6) is 0 Å². The Labute approximate surface area is 124 Å².